The van der Waals surface area contributed by atoms with Crippen LogP contribution in [-0.2, 0) is 0 Å². The number of anilines is 1. The molecular formula is C13H15NS2. The molecule has 1 nitrogen and oxygen atoms in total. The number of para-hydroxylation sites is 1. The van der Waals surface area contributed by atoms with Gasteiger partial charge in [0.1, 0.15) is 0 Å². The Balaban J connectivity index is 1.74. The minimum absolute atomic E-state index is 1.01. The number of benzene rings is 1. The molecule has 1 heterocycles. The highest BCUT2D eigenvalue weighted by Crippen LogP contribution is 2.23. The molecular weight excluding hydrogens is 234 g/mol. The van der Waals surface area contributed by atoms with Crippen LogP contribution in [0.15, 0.2) is 46.0 Å². The summed E-state index contributed by atoms with van der Waals surface area (Å²) in [6, 6.07) is 12.7. The van der Waals surface area contributed by atoms with E-state index in [1.54, 1.807) is 0 Å². The Morgan fingerprint density at radius 2 is 2.06 bits per heavy atom. The smallest absolute Gasteiger partial charge is 0.0599 e. The van der Waals surface area contributed by atoms with Crippen molar-refractivity contribution in [3.05, 3.63) is 47.3 Å². The zero-order valence-electron chi connectivity index (χ0n) is 9.27. The Labute approximate surface area is 105 Å². The lowest BCUT2D eigenvalue weighted by molar-refractivity contribution is 1.21. The zero-order valence-corrected chi connectivity index (χ0v) is 10.9. The maximum absolute atomic E-state index is 3.46. The van der Waals surface area contributed by atoms with Crippen molar-refractivity contribution >= 4 is 28.8 Å². The van der Waals surface area contributed by atoms with Crippen LogP contribution in [-0.4, -0.2) is 12.3 Å². The van der Waals surface area contributed by atoms with E-state index in [0.717, 1.165) is 12.3 Å². The Morgan fingerprint density at radius 3 is 2.81 bits per heavy atom. The van der Waals surface area contributed by atoms with Crippen molar-refractivity contribution in [3.8, 4) is 0 Å². The average Bonchev–Trinajstić information content (AvgIpc) is 2.79. The molecule has 1 N–H and O–H groups in total. The molecule has 0 bridgehead atoms. The summed E-state index contributed by atoms with van der Waals surface area (Å²) in [6.45, 7) is 3.14. The van der Waals surface area contributed by atoms with Gasteiger partial charge in [-0.3, -0.25) is 0 Å². The highest BCUT2D eigenvalue weighted by Gasteiger charge is 1.96. The molecule has 3 heteroatoms. The van der Waals surface area contributed by atoms with E-state index in [0.29, 0.717) is 0 Å². The van der Waals surface area contributed by atoms with Gasteiger partial charge in [0.2, 0.25) is 0 Å². The van der Waals surface area contributed by atoms with E-state index in [9.17, 15) is 0 Å². The maximum Gasteiger partial charge on any atom is 0.0599 e. The van der Waals surface area contributed by atoms with Gasteiger partial charge in [0.05, 0.1) is 4.21 Å². The van der Waals surface area contributed by atoms with Crippen molar-refractivity contribution < 1.29 is 0 Å². The number of thiophene rings is 1. The van der Waals surface area contributed by atoms with Crippen LogP contribution < -0.4 is 5.32 Å². The second-order valence-electron chi connectivity index (χ2n) is 3.52. The molecule has 0 aliphatic rings. The van der Waals surface area contributed by atoms with Crippen molar-refractivity contribution in [2.45, 2.75) is 11.1 Å². The van der Waals surface area contributed by atoms with E-state index in [1.807, 2.05) is 23.1 Å². The van der Waals surface area contributed by atoms with Gasteiger partial charge in [-0.1, -0.05) is 24.3 Å². The summed E-state index contributed by atoms with van der Waals surface area (Å²) in [4.78, 5) is 0. The maximum atomic E-state index is 3.46. The minimum Gasteiger partial charge on any atom is -0.384 e. The van der Waals surface area contributed by atoms with Crippen LogP contribution in [0.3, 0.4) is 0 Å². The summed E-state index contributed by atoms with van der Waals surface area (Å²) in [5.74, 6) is 1.11. The monoisotopic (exact) mass is 249 g/mol. The first-order chi connectivity index (χ1) is 7.86. The molecule has 1 aromatic heterocycles. The molecule has 0 amide bonds. The van der Waals surface area contributed by atoms with Gasteiger partial charge in [0.15, 0.2) is 0 Å². The fraction of sp³-hybridized carbons (Fsp3) is 0.231. The molecule has 0 fully saturated rings. The number of hydrogen-bond acceptors (Lipinski definition) is 3. The summed E-state index contributed by atoms with van der Waals surface area (Å²) >= 11 is 3.72. The Kier molecular flexibility index (Phi) is 4.31. The number of thioether (sulfide) groups is 1. The molecule has 2 aromatic rings. The predicted molar refractivity (Wildman–Crippen MR) is 74.7 cm³/mol. The van der Waals surface area contributed by atoms with E-state index in [-0.39, 0.29) is 0 Å². The second kappa shape index (κ2) is 5.97. The van der Waals surface area contributed by atoms with Gasteiger partial charge in [0.25, 0.3) is 0 Å². The quantitative estimate of drug-likeness (QED) is 0.627. The topological polar surface area (TPSA) is 12.0 Å². The van der Waals surface area contributed by atoms with Gasteiger partial charge in [-0.25, -0.2) is 0 Å². The molecule has 84 valence electrons. The predicted octanol–water partition coefficient (Wildman–Crippen LogP) is 4.26. The number of aryl methyl sites for hydroxylation is 1. The van der Waals surface area contributed by atoms with Crippen molar-refractivity contribution in [2.24, 2.45) is 0 Å². The largest absolute Gasteiger partial charge is 0.384 e. The fourth-order valence-corrected chi connectivity index (χ4v) is 3.17. The second-order valence-corrected chi connectivity index (χ2v) is 5.87. The Morgan fingerprint density at radius 1 is 1.19 bits per heavy atom. The Bertz CT molecular complexity index is 423. The van der Waals surface area contributed by atoms with Crippen molar-refractivity contribution in [2.75, 3.05) is 17.6 Å². The van der Waals surface area contributed by atoms with Crippen molar-refractivity contribution in [1.82, 2.24) is 0 Å². The summed E-state index contributed by atoms with van der Waals surface area (Å²) in [7, 11) is 0. The lowest BCUT2D eigenvalue weighted by Gasteiger charge is -2.08. The first kappa shape index (κ1) is 11.6. The first-order valence-corrected chi connectivity index (χ1v) is 7.18. The van der Waals surface area contributed by atoms with Gasteiger partial charge in [0, 0.05) is 18.0 Å². The SMILES string of the molecule is Cc1ccccc1NCCSc1cccs1. The van der Waals surface area contributed by atoms with E-state index >= 15 is 0 Å². The molecule has 0 saturated carbocycles. The molecule has 0 aliphatic heterocycles. The van der Waals surface area contributed by atoms with Crippen molar-refractivity contribution in [3.63, 3.8) is 0 Å². The summed E-state index contributed by atoms with van der Waals surface area (Å²) in [5.41, 5.74) is 2.55. The van der Waals surface area contributed by atoms with Gasteiger partial charge in [-0.2, -0.15) is 0 Å². The van der Waals surface area contributed by atoms with Crippen LogP contribution >= 0.6 is 23.1 Å². The van der Waals surface area contributed by atoms with Gasteiger partial charge >= 0.3 is 0 Å². The molecule has 2 rings (SSSR count). The van der Waals surface area contributed by atoms with Crippen LogP contribution in [0.5, 0.6) is 0 Å². The van der Waals surface area contributed by atoms with Crippen LogP contribution in [0, 0.1) is 6.92 Å². The molecule has 0 saturated heterocycles. The third kappa shape index (κ3) is 3.29. The van der Waals surface area contributed by atoms with Gasteiger partial charge in [-0.05, 0) is 30.0 Å². The third-order valence-electron chi connectivity index (χ3n) is 2.30. The molecule has 1 aromatic carbocycles. The summed E-state index contributed by atoms with van der Waals surface area (Å²) < 4.78 is 1.39. The van der Waals surface area contributed by atoms with Crippen molar-refractivity contribution in [1.29, 1.82) is 0 Å². The normalized spacial score (nSPS) is 10.3. The van der Waals surface area contributed by atoms with E-state index in [2.05, 4.69) is 54.0 Å². The lowest BCUT2D eigenvalue weighted by Crippen LogP contribution is -2.04. The third-order valence-corrected chi connectivity index (χ3v) is 4.43. The molecule has 0 unspecified atom stereocenters. The molecule has 0 spiro atoms. The summed E-state index contributed by atoms with van der Waals surface area (Å²) in [5, 5.41) is 5.58. The van der Waals surface area contributed by atoms with Crippen LogP contribution in [0.25, 0.3) is 0 Å². The highest BCUT2D eigenvalue weighted by atomic mass is 32.2. The molecule has 0 atom stereocenters. The van der Waals surface area contributed by atoms with Crippen LogP contribution in [0.2, 0.25) is 0 Å². The average molecular weight is 249 g/mol. The standard InChI is InChI=1S/C13H15NS2/c1-11-5-2-3-6-12(11)14-8-10-16-13-7-4-9-15-13/h2-7,9,14H,8,10H2,1H3. The van der Waals surface area contributed by atoms with E-state index in [4.69, 9.17) is 0 Å². The number of hydrogen-bond donors (Lipinski definition) is 1. The van der Waals surface area contributed by atoms with Gasteiger partial charge in [-0.15, -0.1) is 23.1 Å². The number of rotatable bonds is 5. The lowest BCUT2D eigenvalue weighted by atomic mass is 10.2. The number of nitrogens with one attached hydrogen (secondary N) is 1. The summed E-state index contributed by atoms with van der Waals surface area (Å²) in [6.07, 6.45) is 0. The first-order valence-electron chi connectivity index (χ1n) is 5.32. The fourth-order valence-electron chi connectivity index (χ4n) is 1.45. The zero-order chi connectivity index (χ0) is 11.2. The van der Waals surface area contributed by atoms with Crippen LogP contribution in [0.1, 0.15) is 5.56 Å². The minimum atomic E-state index is 1.01. The van der Waals surface area contributed by atoms with Crippen LogP contribution in [0.4, 0.5) is 5.69 Å². The van der Waals surface area contributed by atoms with E-state index < -0.39 is 0 Å². The molecule has 16 heavy (non-hydrogen) atoms. The van der Waals surface area contributed by atoms with E-state index in [1.165, 1.54) is 15.5 Å². The molecule has 0 aliphatic carbocycles. The van der Waals surface area contributed by atoms with Gasteiger partial charge < -0.3 is 5.32 Å². The highest BCUT2D eigenvalue weighted by molar-refractivity contribution is 8.01. The molecule has 0 radical (unpaired) electrons. The Hall–Kier alpha value is -0.930.